The molecule has 1 aromatic rings. The highest BCUT2D eigenvalue weighted by Crippen LogP contribution is 2.15. The number of carbonyl (C=O) groups is 4. The summed E-state index contributed by atoms with van der Waals surface area (Å²) in [4.78, 5) is 46.9. The van der Waals surface area contributed by atoms with Gasteiger partial charge in [0.1, 0.15) is 12.6 Å². The van der Waals surface area contributed by atoms with Crippen LogP contribution in [0.1, 0.15) is 26.3 Å². The van der Waals surface area contributed by atoms with Crippen LogP contribution in [0.2, 0.25) is 0 Å². The fraction of sp³-hybridized carbons (Fsp3) is 0.444. The predicted molar refractivity (Wildman–Crippen MR) is 107 cm³/mol. The lowest BCUT2D eigenvalue weighted by Gasteiger charge is -2.22. The average molecular weight is 430 g/mol. The lowest BCUT2D eigenvalue weighted by atomic mass is 10.2. The van der Waals surface area contributed by atoms with Gasteiger partial charge in [-0.05, 0) is 31.2 Å². The van der Waals surface area contributed by atoms with Crippen LogP contribution in [0.5, 0.6) is 0 Å². The van der Waals surface area contributed by atoms with Crippen molar-refractivity contribution >= 4 is 47.5 Å². The first-order valence-electron chi connectivity index (χ1n) is 8.26. The van der Waals surface area contributed by atoms with E-state index in [4.69, 9.17) is 4.74 Å². The Labute approximate surface area is 173 Å². The fourth-order valence-electron chi connectivity index (χ4n) is 1.69. The summed E-state index contributed by atoms with van der Waals surface area (Å²) in [5.74, 6) is -1.91. The molecule has 10 heteroatoms. The zero-order valence-electron chi connectivity index (χ0n) is 15.8. The van der Waals surface area contributed by atoms with Crippen LogP contribution in [0.3, 0.4) is 0 Å². The summed E-state index contributed by atoms with van der Waals surface area (Å²) >= 11 is 4.81. The zero-order valence-corrected chi connectivity index (χ0v) is 17.5. The van der Waals surface area contributed by atoms with E-state index in [1.54, 1.807) is 38.1 Å². The Morgan fingerprint density at radius 3 is 2.32 bits per heavy atom. The summed E-state index contributed by atoms with van der Waals surface area (Å²) in [6, 6.07) is 7.94. The number of hydrogen-bond acceptors (Lipinski definition) is 9. The van der Waals surface area contributed by atoms with E-state index in [1.807, 2.05) is 6.07 Å². The summed E-state index contributed by atoms with van der Waals surface area (Å²) < 4.78 is 13.4. The van der Waals surface area contributed by atoms with Crippen LogP contribution < -0.4 is 5.32 Å². The number of thioether (sulfide) groups is 1. The lowest BCUT2D eigenvalue weighted by molar-refractivity contribution is -0.149. The molecule has 1 atom stereocenters. The third-order valence-corrected chi connectivity index (χ3v) is 4.23. The smallest absolute Gasteiger partial charge is 0.370 e. The van der Waals surface area contributed by atoms with Gasteiger partial charge in [-0.3, -0.25) is 9.59 Å². The topological polar surface area (TPSA) is 108 Å². The minimum Gasteiger partial charge on any atom is -0.459 e. The van der Waals surface area contributed by atoms with Gasteiger partial charge in [0, 0.05) is 12.7 Å². The van der Waals surface area contributed by atoms with E-state index in [-0.39, 0.29) is 12.4 Å². The van der Waals surface area contributed by atoms with Crippen LogP contribution >= 0.6 is 24.4 Å². The lowest BCUT2D eigenvalue weighted by Crippen LogP contribution is -2.49. The quantitative estimate of drug-likeness (QED) is 0.350. The maximum Gasteiger partial charge on any atom is 0.370 e. The molecule has 28 heavy (non-hydrogen) atoms. The SMILES string of the molecule is CC(=O)OCOC(=O)SC[C@H](NC(=O)C(C)(C)S)C(=O)OCc1ccccc1. The van der Waals surface area contributed by atoms with E-state index >= 15 is 0 Å². The number of carbonyl (C=O) groups excluding carboxylic acids is 4. The number of esters is 2. The molecule has 1 aromatic carbocycles. The van der Waals surface area contributed by atoms with Crippen molar-refractivity contribution in [2.45, 2.75) is 38.2 Å². The van der Waals surface area contributed by atoms with Gasteiger partial charge in [-0.1, -0.05) is 30.3 Å². The van der Waals surface area contributed by atoms with Crippen molar-refractivity contribution in [1.29, 1.82) is 0 Å². The number of benzene rings is 1. The molecule has 0 bridgehead atoms. The standard InChI is InChI=1S/C18H23NO7S2/c1-12(20)25-11-26-17(23)28-10-14(19-16(22)18(2,3)27)15(21)24-9-13-7-5-4-6-8-13/h4-8,14,27H,9-11H2,1-3H3,(H,19,22)/t14-/m0/s1. The monoisotopic (exact) mass is 429 g/mol. The van der Waals surface area contributed by atoms with Crippen LogP contribution in [0.4, 0.5) is 4.79 Å². The molecule has 1 N–H and O–H groups in total. The molecule has 8 nitrogen and oxygen atoms in total. The van der Waals surface area contributed by atoms with E-state index in [9.17, 15) is 19.2 Å². The second kappa shape index (κ2) is 11.6. The van der Waals surface area contributed by atoms with E-state index in [2.05, 4.69) is 27.4 Å². The minimum absolute atomic E-state index is 0.0257. The largest absolute Gasteiger partial charge is 0.459 e. The van der Waals surface area contributed by atoms with E-state index in [1.165, 1.54) is 6.92 Å². The van der Waals surface area contributed by atoms with Crippen molar-refractivity contribution in [1.82, 2.24) is 5.32 Å². The summed E-state index contributed by atoms with van der Waals surface area (Å²) in [5.41, 5.74) is 0.781. The Kier molecular flexibility index (Phi) is 9.88. The highest BCUT2D eigenvalue weighted by Gasteiger charge is 2.30. The van der Waals surface area contributed by atoms with Crippen LogP contribution in [0, 0.1) is 0 Å². The first-order chi connectivity index (χ1) is 13.1. The third-order valence-electron chi connectivity index (χ3n) is 3.18. The molecule has 0 aliphatic rings. The molecule has 0 saturated heterocycles. The molecule has 0 heterocycles. The highest BCUT2D eigenvalue weighted by atomic mass is 32.2. The summed E-state index contributed by atoms with van der Waals surface area (Å²) in [6.07, 6.45) is 0. The van der Waals surface area contributed by atoms with Gasteiger partial charge in [0.25, 0.3) is 0 Å². The van der Waals surface area contributed by atoms with Crippen molar-refractivity contribution in [3.05, 3.63) is 35.9 Å². The number of ether oxygens (including phenoxy) is 3. The zero-order chi connectivity index (χ0) is 21.2. The van der Waals surface area contributed by atoms with Gasteiger partial charge in [-0.15, -0.1) is 0 Å². The molecular formula is C18H23NO7S2. The third kappa shape index (κ3) is 9.65. The van der Waals surface area contributed by atoms with Gasteiger partial charge in [0.15, 0.2) is 0 Å². The molecule has 0 aromatic heterocycles. The van der Waals surface area contributed by atoms with Crippen molar-refractivity contribution in [2.24, 2.45) is 0 Å². The Bertz CT molecular complexity index is 689. The molecule has 1 amide bonds. The molecule has 0 aliphatic heterocycles. The number of nitrogens with one attached hydrogen (secondary N) is 1. The molecular weight excluding hydrogens is 406 g/mol. The minimum atomic E-state index is -1.09. The Morgan fingerprint density at radius 1 is 1.11 bits per heavy atom. The number of thiol groups is 1. The first-order valence-corrected chi connectivity index (χ1v) is 9.69. The molecule has 0 radical (unpaired) electrons. The van der Waals surface area contributed by atoms with Gasteiger partial charge in [0.05, 0.1) is 4.75 Å². The van der Waals surface area contributed by atoms with Crippen LogP contribution in [-0.4, -0.2) is 46.5 Å². The Balaban J connectivity index is 2.64. The van der Waals surface area contributed by atoms with Gasteiger partial charge >= 0.3 is 17.2 Å². The van der Waals surface area contributed by atoms with Gasteiger partial charge in [0.2, 0.25) is 12.7 Å². The maximum absolute atomic E-state index is 12.4. The van der Waals surface area contributed by atoms with Crippen LogP contribution in [0.15, 0.2) is 30.3 Å². The van der Waals surface area contributed by atoms with Crippen molar-refractivity contribution in [2.75, 3.05) is 12.5 Å². The predicted octanol–water partition coefficient (Wildman–Crippen LogP) is 2.31. The fourth-order valence-corrected chi connectivity index (χ4v) is 2.40. The average Bonchev–Trinajstić information content (AvgIpc) is 2.62. The highest BCUT2D eigenvalue weighted by molar-refractivity contribution is 8.13. The number of hydrogen-bond donors (Lipinski definition) is 2. The van der Waals surface area contributed by atoms with Crippen LogP contribution in [0.25, 0.3) is 0 Å². The van der Waals surface area contributed by atoms with Crippen molar-refractivity contribution < 1.29 is 33.4 Å². The molecule has 0 spiro atoms. The van der Waals surface area contributed by atoms with E-state index in [0.717, 1.165) is 5.56 Å². The maximum atomic E-state index is 12.4. The second-order valence-corrected chi connectivity index (χ2v) is 8.21. The summed E-state index contributed by atoms with van der Waals surface area (Å²) in [6.45, 7) is 3.81. The Hall–Kier alpha value is -2.20. The summed E-state index contributed by atoms with van der Waals surface area (Å²) in [5, 5.41) is 1.76. The molecule has 0 fully saturated rings. The van der Waals surface area contributed by atoms with Crippen molar-refractivity contribution in [3.8, 4) is 0 Å². The first kappa shape index (κ1) is 23.8. The van der Waals surface area contributed by atoms with E-state index < -0.39 is 40.7 Å². The van der Waals surface area contributed by atoms with Gasteiger partial charge < -0.3 is 19.5 Å². The number of rotatable bonds is 9. The second-order valence-electron chi connectivity index (χ2n) is 6.14. The normalized spacial score (nSPS) is 11.9. The van der Waals surface area contributed by atoms with Crippen molar-refractivity contribution in [3.63, 3.8) is 0 Å². The molecule has 0 saturated carbocycles. The Morgan fingerprint density at radius 2 is 1.75 bits per heavy atom. The molecule has 1 rings (SSSR count). The van der Waals surface area contributed by atoms with Crippen LogP contribution in [-0.2, 0) is 35.2 Å². The molecule has 0 aliphatic carbocycles. The molecule has 154 valence electrons. The molecule has 0 unspecified atom stereocenters. The van der Waals surface area contributed by atoms with Gasteiger partial charge in [-0.2, -0.15) is 12.6 Å². The number of amides is 1. The van der Waals surface area contributed by atoms with E-state index in [0.29, 0.717) is 11.8 Å². The van der Waals surface area contributed by atoms with Gasteiger partial charge in [-0.25, -0.2) is 9.59 Å². The summed E-state index contributed by atoms with van der Waals surface area (Å²) in [7, 11) is 0.